The van der Waals surface area contributed by atoms with Crippen molar-refractivity contribution < 1.29 is 38.9 Å². The Labute approximate surface area is 172 Å². The highest BCUT2D eigenvalue weighted by atomic mass is 16.5. The standard InChI is InChI=1S/C14H14O4.C8H6O4/c1-3-9-17-13(15)11-5-7-12(8-6-11)14(16)18-10-4-2;9-7(10)5-2-1-3-6(4-5)8(11)12/h3-8H,1-2,9-10H2;1-4H,(H,9,10)(H,11,12). The number of carboxylic acids is 2. The first-order valence-electron chi connectivity index (χ1n) is 8.53. The van der Waals surface area contributed by atoms with Gasteiger partial charge in [-0.1, -0.05) is 31.4 Å². The second kappa shape index (κ2) is 12.3. The zero-order chi connectivity index (χ0) is 22.5. The van der Waals surface area contributed by atoms with E-state index in [1.165, 1.54) is 54.6 Å². The van der Waals surface area contributed by atoms with E-state index >= 15 is 0 Å². The van der Waals surface area contributed by atoms with Crippen molar-refractivity contribution in [1.29, 1.82) is 0 Å². The zero-order valence-corrected chi connectivity index (χ0v) is 15.9. The fourth-order valence-corrected chi connectivity index (χ4v) is 1.96. The van der Waals surface area contributed by atoms with Gasteiger partial charge in [-0.3, -0.25) is 0 Å². The summed E-state index contributed by atoms with van der Waals surface area (Å²) in [6, 6.07) is 11.2. The van der Waals surface area contributed by atoms with Crippen molar-refractivity contribution in [3.8, 4) is 0 Å². The Bertz CT molecular complexity index is 856. The number of ether oxygens (including phenoxy) is 2. The molecule has 0 atom stereocenters. The Morgan fingerprint density at radius 1 is 0.700 bits per heavy atom. The van der Waals surface area contributed by atoms with Gasteiger partial charge in [0.25, 0.3) is 0 Å². The summed E-state index contributed by atoms with van der Waals surface area (Å²) < 4.78 is 9.71. The lowest BCUT2D eigenvalue weighted by molar-refractivity contribution is 0.0535. The smallest absolute Gasteiger partial charge is 0.338 e. The molecule has 0 aromatic heterocycles. The topological polar surface area (TPSA) is 127 Å². The Hall–Kier alpha value is -4.20. The molecule has 0 saturated heterocycles. The fraction of sp³-hybridized carbons (Fsp3) is 0.0909. The van der Waals surface area contributed by atoms with Gasteiger partial charge in [-0.25, -0.2) is 19.2 Å². The monoisotopic (exact) mass is 412 g/mol. The minimum Gasteiger partial charge on any atom is -0.478 e. The van der Waals surface area contributed by atoms with Crippen LogP contribution in [-0.4, -0.2) is 47.3 Å². The molecule has 0 amide bonds. The van der Waals surface area contributed by atoms with E-state index in [1.807, 2.05) is 0 Å². The van der Waals surface area contributed by atoms with Crippen molar-refractivity contribution in [2.45, 2.75) is 0 Å². The van der Waals surface area contributed by atoms with Crippen molar-refractivity contribution in [3.05, 3.63) is 96.1 Å². The molecule has 0 radical (unpaired) electrons. The lowest BCUT2D eigenvalue weighted by Gasteiger charge is -2.04. The predicted molar refractivity (Wildman–Crippen MR) is 108 cm³/mol. The van der Waals surface area contributed by atoms with Crippen LogP contribution >= 0.6 is 0 Å². The van der Waals surface area contributed by atoms with E-state index < -0.39 is 23.9 Å². The molecular formula is C22H20O8. The highest BCUT2D eigenvalue weighted by molar-refractivity contribution is 5.94. The molecular weight excluding hydrogens is 392 g/mol. The molecule has 2 N–H and O–H groups in total. The molecule has 0 aliphatic carbocycles. The SMILES string of the molecule is C=CCOC(=O)c1ccc(C(=O)OCC=C)cc1.O=C(O)c1cccc(C(=O)O)c1. The first kappa shape index (κ1) is 23.8. The van der Waals surface area contributed by atoms with Gasteiger partial charge in [-0.15, -0.1) is 0 Å². The summed E-state index contributed by atoms with van der Waals surface area (Å²) in [5, 5.41) is 17.0. The van der Waals surface area contributed by atoms with E-state index in [2.05, 4.69) is 13.2 Å². The van der Waals surface area contributed by atoms with Crippen LogP contribution in [0.25, 0.3) is 0 Å². The number of aromatic carboxylic acids is 2. The van der Waals surface area contributed by atoms with E-state index in [0.29, 0.717) is 11.1 Å². The summed E-state index contributed by atoms with van der Waals surface area (Å²) in [6.07, 6.45) is 2.97. The van der Waals surface area contributed by atoms with Crippen molar-refractivity contribution in [3.63, 3.8) is 0 Å². The molecule has 2 aromatic rings. The minimum atomic E-state index is -1.13. The molecule has 0 aliphatic heterocycles. The molecule has 156 valence electrons. The number of carbonyl (C=O) groups is 4. The molecule has 0 heterocycles. The second-order valence-electron chi connectivity index (χ2n) is 5.54. The minimum absolute atomic E-state index is 0.0186. The summed E-state index contributed by atoms with van der Waals surface area (Å²) in [4.78, 5) is 43.7. The lowest BCUT2D eigenvalue weighted by atomic mass is 10.1. The van der Waals surface area contributed by atoms with Crippen LogP contribution in [0.15, 0.2) is 73.8 Å². The van der Waals surface area contributed by atoms with E-state index in [1.54, 1.807) is 0 Å². The molecule has 0 bridgehead atoms. The normalized spacial score (nSPS) is 9.33. The Kier molecular flexibility index (Phi) is 9.77. The first-order valence-corrected chi connectivity index (χ1v) is 8.53. The third-order valence-electron chi connectivity index (χ3n) is 3.38. The van der Waals surface area contributed by atoms with E-state index in [9.17, 15) is 19.2 Å². The number of hydrogen-bond acceptors (Lipinski definition) is 6. The average molecular weight is 412 g/mol. The molecule has 2 aromatic carbocycles. The Morgan fingerprint density at radius 3 is 1.37 bits per heavy atom. The number of esters is 2. The maximum atomic E-state index is 11.5. The van der Waals surface area contributed by atoms with Gasteiger partial charge in [-0.2, -0.15) is 0 Å². The molecule has 30 heavy (non-hydrogen) atoms. The molecule has 0 spiro atoms. The van der Waals surface area contributed by atoms with Gasteiger partial charge < -0.3 is 19.7 Å². The van der Waals surface area contributed by atoms with Gasteiger partial charge in [-0.05, 0) is 42.5 Å². The van der Waals surface area contributed by atoms with E-state index in [-0.39, 0.29) is 24.3 Å². The number of rotatable bonds is 8. The van der Waals surface area contributed by atoms with Gasteiger partial charge in [0.1, 0.15) is 13.2 Å². The summed E-state index contributed by atoms with van der Waals surface area (Å²) >= 11 is 0. The van der Waals surface area contributed by atoms with Crippen LogP contribution in [0, 0.1) is 0 Å². The zero-order valence-electron chi connectivity index (χ0n) is 15.9. The Morgan fingerprint density at radius 2 is 1.07 bits per heavy atom. The third-order valence-corrected chi connectivity index (χ3v) is 3.38. The number of hydrogen-bond donors (Lipinski definition) is 2. The van der Waals surface area contributed by atoms with Crippen LogP contribution in [-0.2, 0) is 9.47 Å². The van der Waals surface area contributed by atoms with Crippen LogP contribution in [0.4, 0.5) is 0 Å². The molecule has 0 aliphatic rings. The highest BCUT2D eigenvalue weighted by Gasteiger charge is 2.10. The largest absolute Gasteiger partial charge is 0.478 e. The van der Waals surface area contributed by atoms with E-state index in [0.717, 1.165) is 6.07 Å². The van der Waals surface area contributed by atoms with Gasteiger partial charge in [0.15, 0.2) is 0 Å². The third kappa shape index (κ3) is 7.81. The molecule has 8 nitrogen and oxygen atoms in total. The number of carbonyl (C=O) groups excluding carboxylic acids is 2. The highest BCUT2D eigenvalue weighted by Crippen LogP contribution is 2.08. The summed E-state index contributed by atoms with van der Waals surface area (Å²) in [5.41, 5.74) is 0.707. The quantitative estimate of drug-likeness (QED) is 0.498. The Balaban J connectivity index is 0.000000325. The van der Waals surface area contributed by atoms with Gasteiger partial charge in [0.05, 0.1) is 22.3 Å². The van der Waals surface area contributed by atoms with Gasteiger partial charge in [0.2, 0.25) is 0 Å². The summed E-state index contributed by atoms with van der Waals surface area (Å²) in [5.74, 6) is -3.17. The van der Waals surface area contributed by atoms with Crippen LogP contribution in [0.3, 0.4) is 0 Å². The molecule has 0 fully saturated rings. The van der Waals surface area contributed by atoms with Crippen LogP contribution in [0.1, 0.15) is 41.4 Å². The van der Waals surface area contributed by atoms with Gasteiger partial charge in [0, 0.05) is 0 Å². The maximum absolute atomic E-state index is 11.5. The van der Waals surface area contributed by atoms with Crippen LogP contribution in [0.5, 0.6) is 0 Å². The van der Waals surface area contributed by atoms with Crippen molar-refractivity contribution in [1.82, 2.24) is 0 Å². The van der Waals surface area contributed by atoms with Crippen molar-refractivity contribution in [2.24, 2.45) is 0 Å². The second-order valence-corrected chi connectivity index (χ2v) is 5.54. The van der Waals surface area contributed by atoms with Crippen molar-refractivity contribution in [2.75, 3.05) is 13.2 Å². The summed E-state index contributed by atoms with van der Waals surface area (Å²) in [6.45, 7) is 7.20. The van der Waals surface area contributed by atoms with Crippen LogP contribution < -0.4 is 0 Å². The number of benzene rings is 2. The molecule has 0 unspecified atom stereocenters. The summed E-state index contributed by atoms with van der Waals surface area (Å²) in [7, 11) is 0. The van der Waals surface area contributed by atoms with Crippen LogP contribution in [0.2, 0.25) is 0 Å². The first-order chi connectivity index (χ1) is 14.3. The van der Waals surface area contributed by atoms with Crippen molar-refractivity contribution >= 4 is 23.9 Å². The van der Waals surface area contributed by atoms with E-state index in [4.69, 9.17) is 19.7 Å². The maximum Gasteiger partial charge on any atom is 0.338 e. The molecule has 0 saturated carbocycles. The number of carboxylic acid groups (broad SMARTS) is 2. The predicted octanol–water partition coefficient (Wildman–Crippen LogP) is 3.46. The lowest BCUT2D eigenvalue weighted by Crippen LogP contribution is -2.07. The van der Waals surface area contributed by atoms with Gasteiger partial charge >= 0.3 is 23.9 Å². The fourth-order valence-electron chi connectivity index (χ4n) is 1.96. The molecule has 8 heteroatoms. The average Bonchev–Trinajstić information content (AvgIpc) is 2.76. The molecule has 2 rings (SSSR count).